The highest BCUT2D eigenvalue weighted by Crippen LogP contribution is 2.21. The number of amides is 1. The quantitative estimate of drug-likeness (QED) is 0.776. The number of Topliss-reactive ketones (excluding diaryl/α,β-unsaturated/α-hetero) is 1. The monoisotopic (exact) mass is 257 g/mol. The van der Waals surface area contributed by atoms with E-state index in [2.05, 4.69) is 0 Å². The topological polar surface area (TPSA) is 55.8 Å². The first-order valence-corrected chi connectivity index (χ1v) is 6.36. The molecule has 1 saturated heterocycles. The number of carbonyl (C=O) groups is 2. The molecule has 0 aromatic carbocycles. The van der Waals surface area contributed by atoms with E-state index in [1.807, 2.05) is 20.8 Å². The van der Waals surface area contributed by atoms with Gasteiger partial charge >= 0.3 is 6.09 Å². The molecule has 1 heterocycles. The molecule has 5 nitrogen and oxygen atoms in total. The van der Waals surface area contributed by atoms with Gasteiger partial charge in [-0.15, -0.1) is 0 Å². The number of hydrogen-bond donors (Lipinski definition) is 0. The molecular weight excluding hydrogens is 234 g/mol. The molecule has 0 aromatic rings. The summed E-state index contributed by atoms with van der Waals surface area (Å²) in [7, 11) is 1.48. The lowest BCUT2D eigenvalue weighted by atomic mass is 9.99. The van der Waals surface area contributed by atoms with Crippen LogP contribution in [0.4, 0.5) is 4.79 Å². The van der Waals surface area contributed by atoms with Gasteiger partial charge in [0.15, 0.2) is 5.78 Å². The maximum absolute atomic E-state index is 12.0. The fourth-order valence-corrected chi connectivity index (χ4v) is 2.04. The zero-order chi connectivity index (χ0) is 13.8. The zero-order valence-corrected chi connectivity index (χ0v) is 11.7. The maximum Gasteiger partial charge on any atom is 0.410 e. The highest BCUT2D eigenvalue weighted by Gasteiger charge is 2.34. The Balaban J connectivity index is 2.70. The summed E-state index contributed by atoms with van der Waals surface area (Å²) < 4.78 is 10.2. The number of piperidine rings is 1. The van der Waals surface area contributed by atoms with Crippen molar-refractivity contribution in [3.8, 4) is 0 Å². The van der Waals surface area contributed by atoms with E-state index in [-0.39, 0.29) is 12.4 Å². The van der Waals surface area contributed by atoms with Crippen LogP contribution in [0.15, 0.2) is 0 Å². The molecule has 0 radical (unpaired) electrons. The van der Waals surface area contributed by atoms with Gasteiger partial charge in [-0.2, -0.15) is 0 Å². The molecule has 104 valence electrons. The maximum atomic E-state index is 12.0. The number of hydrogen-bond acceptors (Lipinski definition) is 4. The average Bonchev–Trinajstić information content (AvgIpc) is 2.27. The number of carbonyl (C=O) groups excluding carboxylic acids is 2. The van der Waals surface area contributed by atoms with E-state index in [0.29, 0.717) is 13.0 Å². The molecule has 0 spiro atoms. The smallest absolute Gasteiger partial charge is 0.410 e. The number of nitrogens with zero attached hydrogens (tertiary/aromatic N) is 1. The molecule has 0 aromatic heterocycles. The zero-order valence-electron chi connectivity index (χ0n) is 11.7. The largest absolute Gasteiger partial charge is 0.444 e. The van der Waals surface area contributed by atoms with Crippen LogP contribution in [0.3, 0.4) is 0 Å². The van der Waals surface area contributed by atoms with Gasteiger partial charge in [0, 0.05) is 13.7 Å². The van der Waals surface area contributed by atoms with Gasteiger partial charge in [-0.25, -0.2) is 4.79 Å². The number of rotatable bonds is 3. The number of methoxy groups -OCH3 is 1. The number of ether oxygens (including phenoxy) is 2. The van der Waals surface area contributed by atoms with Crippen molar-refractivity contribution in [2.45, 2.75) is 51.7 Å². The SMILES string of the molecule is COCC(=O)[C@@H]1CCCCN1C(=O)OC(C)(C)C. The van der Waals surface area contributed by atoms with Crippen LogP contribution < -0.4 is 0 Å². The molecule has 1 fully saturated rings. The van der Waals surface area contributed by atoms with Gasteiger partial charge in [0.2, 0.25) is 0 Å². The van der Waals surface area contributed by atoms with Crippen LogP contribution in [0.1, 0.15) is 40.0 Å². The Hall–Kier alpha value is -1.10. The van der Waals surface area contributed by atoms with Crippen LogP contribution in [0.2, 0.25) is 0 Å². The minimum absolute atomic E-state index is 0.0456. The predicted molar refractivity (Wildman–Crippen MR) is 67.5 cm³/mol. The van der Waals surface area contributed by atoms with E-state index in [0.717, 1.165) is 12.8 Å². The van der Waals surface area contributed by atoms with Crippen molar-refractivity contribution in [3.63, 3.8) is 0 Å². The molecule has 1 rings (SSSR count). The van der Waals surface area contributed by atoms with Crippen molar-refractivity contribution in [1.82, 2.24) is 4.90 Å². The second-order valence-electron chi connectivity index (χ2n) is 5.58. The lowest BCUT2D eigenvalue weighted by Crippen LogP contribution is -2.50. The molecule has 1 amide bonds. The summed E-state index contributed by atoms with van der Waals surface area (Å²) in [6.45, 7) is 6.08. The highest BCUT2D eigenvalue weighted by molar-refractivity contribution is 5.88. The summed E-state index contributed by atoms with van der Waals surface area (Å²) in [5.41, 5.74) is -0.538. The van der Waals surface area contributed by atoms with Gasteiger partial charge in [-0.05, 0) is 40.0 Å². The summed E-state index contributed by atoms with van der Waals surface area (Å²) >= 11 is 0. The standard InChI is InChI=1S/C13H23NO4/c1-13(2,3)18-12(16)14-8-6-5-7-10(14)11(15)9-17-4/h10H,5-9H2,1-4H3/t10-/m0/s1. The van der Waals surface area contributed by atoms with E-state index in [4.69, 9.17) is 9.47 Å². The van der Waals surface area contributed by atoms with Crippen LogP contribution in [-0.2, 0) is 14.3 Å². The molecule has 5 heteroatoms. The third-order valence-corrected chi connectivity index (χ3v) is 2.79. The van der Waals surface area contributed by atoms with Gasteiger partial charge < -0.3 is 9.47 Å². The molecule has 1 atom stereocenters. The Bertz CT molecular complexity index is 309. The molecule has 0 N–H and O–H groups in total. The summed E-state index contributed by atoms with van der Waals surface area (Å²) in [4.78, 5) is 25.5. The normalized spacial score (nSPS) is 20.7. The Kier molecular flexibility index (Phi) is 5.14. The molecule has 18 heavy (non-hydrogen) atoms. The van der Waals surface area contributed by atoms with Gasteiger partial charge in [0.25, 0.3) is 0 Å². The Morgan fingerprint density at radius 2 is 1.94 bits per heavy atom. The Morgan fingerprint density at radius 1 is 1.28 bits per heavy atom. The van der Waals surface area contributed by atoms with Gasteiger partial charge in [0.1, 0.15) is 12.2 Å². The van der Waals surface area contributed by atoms with E-state index in [1.165, 1.54) is 12.0 Å². The minimum atomic E-state index is -0.538. The van der Waals surface area contributed by atoms with Gasteiger partial charge in [0.05, 0.1) is 6.04 Å². The first kappa shape index (κ1) is 15.0. The van der Waals surface area contributed by atoms with Crippen molar-refractivity contribution in [1.29, 1.82) is 0 Å². The third-order valence-electron chi connectivity index (χ3n) is 2.79. The number of likely N-dealkylation sites (tertiary alicyclic amines) is 1. The highest BCUT2D eigenvalue weighted by atomic mass is 16.6. The predicted octanol–water partition coefficient (Wildman–Crippen LogP) is 1.99. The van der Waals surface area contributed by atoms with Crippen molar-refractivity contribution in [2.24, 2.45) is 0 Å². The van der Waals surface area contributed by atoms with Crippen LogP contribution >= 0.6 is 0 Å². The van der Waals surface area contributed by atoms with Crippen molar-refractivity contribution < 1.29 is 19.1 Å². The summed E-state index contributed by atoms with van der Waals surface area (Å²) in [5.74, 6) is -0.0527. The molecular formula is C13H23NO4. The number of ketones is 1. The van der Waals surface area contributed by atoms with Crippen LogP contribution in [0.5, 0.6) is 0 Å². The second kappa shape index (κ2) is 6.18. The van der Waals surface area contributed by atoms with E-state index in [9.17, 15) is 9.59 Å². The summed E-state index contributed by atoms with van der Waals surface area (Å²) in [6, 6.07) is -0.395. The summed E-state index contributed by atoms with van der Waals surface area (Å²) in [5, 5.41) is 0. The minimum Gasteiger partial charge on any atom is -0.444 e. The van der Waals surface area contributed by atoms with Crippen LogP contribution in [-0.4, -0.2) is 48.7 Å². The first-order valence-electron chi connectivity index (χ1n) is 6.36. The lowest BCUT2D eigenvalue weighted by molar-refractivity contribution is -0.129. The Morgan fingerprint density at radius 3 is 2.50 bits per heavy atom. The van der Waals surface area contributed by atoms with E-state index in [1.54, 1.807) is 0 Å². The fourth-order valence-electron chi connectivity index (χ4n) is 2.04. The van der Waals surface area contributed by atoms with Gasteiger partial charge in [-0.3, -0.25) is 9.69 Å². The van der Waals surface area contributed by atoms with Gasteiger partial charge in [-0.1, -0.05) is 0 Å². The second-order valence-corrected chi connectivity index (χ2v) is 5.58. The molecule has 0 bridgehead atoms. The average molecular weight is 257 g/mol. The van der Waals surface area contributed by atoms with Crippen molar-refractivity contribution in [3.05, 3.63) is 0 Å². The molecule has 1 aliphatic heterocycles. The van der Waals surface area contributed by atoms with Crippen molar-refractivity contribution >= 4 is 11.9 Å². The Labute approximate surface area is 108 Å². The first-order chi connectivity index (χ1) is 8.35. The molecule has 1 aliphatic rings. The fraction of sp³-hybridized carbons (Fsp3) is 0.846. The molecule has 0 saturated carbocycles. The summed E-state index contributed by atoms with van der Waals surface area (Å²) in [6.07, 6.45) is 2.16. The molecule has 0 unspecified atom stereocenters. The van der Waals surface area contributed by atoms with E-state index >= 15 is 0 Å². The lowest BCUT2D eigenvalue weighted by Gasteiger charge is -2.35. The van der Waals surface area contributed by atoms with Crippen molar-refractivity contribution in [2.75, 3.05) is 20.3 Å². The van der Waals surface area contributed by atoms with Crippen LogP contribution in [0, 0.1) is 0 Å². The van der Waals surface area contributed by atoms with E-state index < -0.39 is 17.7 Å². The van der Waals surface area contributed by atoms with Crippen LogP contribution in [0.25, 0.3) is 0 Å². The molecule has 0 aliphatic carbocycles. The third kappa shape index (κ3) is 4.29.